The van der Waals surface area contributed by atoms with Gasteiger partial charge in [-0.05, 0) is 13.0 Å². The first kappa shape index (κ1) is 15.4. The van der Waals surface area contributed by atoms with Crippen LogP contribution in [0.5, 0.6) is 0 Å². The number of rotatable bonds is 5. The molecule has 0 bridgehead atoms. The Morgan fingerprint density at radius 3 is 2.76 bits per heavy atom. The Morgan fingerprint density at radius 2 is 2.14 bits per heavy atom. The number of carboxylic acid groups (broad SMARTS) is 1. The van der Waals surface area contributed by atoms with E-state index in [1.54, 1.807) is 18.7 Å². The number of aromatic nitrogens is 3. The lowest BCUT2D eigenvalue weighted by molar-refractivity contribution is -0.137. The van der Waals surface area contributed by atoms with Gasteiger partial charge in [0.15, 0.2) is 5.65 Å². The Balaban J connectivity index is 2.40. The molecule has 9 heteroatoms. The number of nitrogens with zero attached hydrogens (tertiary/aromatic N) is 4. The average Bonchev–Trinajstić information content (AvgIpc) is 2.70. The van der Waals surface area contributed by atoms with Crippen molar-refractivity contribution in [3.63, 3.8) is 0 Å². The lowest BCUT2D eigenvalue weighted by atomic mass is 10.3. The topological polar surface area (TPSA) is 105 Å². The summed E-state index contributed by atoms with van der Waals surface area (Å²) < 4.78 is 27.3. The second-order valence-electron chi connectivity index (χ2n) is 4.72. The molecule has 0 unspecified atom stereocenters. The summed E-state index contributed by atoms with van der Waals surface area (Å²) in [5.74, 6) is -1.05. The van der Waals surface area contributed by atoms with E-state index in [0.717, 1.165) is 4.31 Å². The molecule has 0 fully saturated rings. The first-order chi connectivity index (χ1) is 9.73. The van der Waals surface area contributed by atoms with Gasteiger partial charge in [0.2, 0.25) is 10.0 Å². The number of sulfonamides is 1. The molecule has 2 heterocycles. The molecule has 2 aromatic heterocycles. The number of hydrogen-bond acceptors (Lipinski definition) is 5. The van der Waals surface area contributed by atoms with Crippen molar-refractivity contribution in [3.8, 4) is 0 Å². The maximum atomic E-state index is 12.4. The van der Waals surface area contributed by atoms with Crippen LogP contribution in [-0.4, -0.2) is 52.2 Å². The fourth-order valence-corrected chi connectivity index (χ4v) is 3.13. The Labute approximate surface area is 122 Å². The quantitative estimate of drug-likeness (QED) is 0.855. The van der Waals surface area contributed by atoms with E-state index in [9.17, 15) is 13.2 Å². The van der Waals surface area contributed by atoms with E-state index in [0.29, 0.717) is 16.7 Å². The molecule has 1 N–H and O–H groups in total. The van der Waals surface area contributed by atoms with E-state index >= 15 is 0 Å². The molecule has 0 spiro atoms. The fraction of sp³-hybridized carbons (Fsp3) is 0.417. The largest absolute Gasteiger partial charge is 0.481 e. The highest BCUT2D eigenvalue weighted by atomic mass is 32.2. The van der Waals surface area contributed by atoms with E-state index < -0.39 is 16.0 Å². The Morgan fingerprint density at radius 1 is 1.48 bits per heavy atom. The zero-order valence-electron chi connectivity index (χ0n) is 11.9. The predicted octanol–water partition coefficient (Wildman–Crippen LogP) is 0.372. The Kier molecular flexibility index (Phi) is 3.97. The molecule has 21 heavy (non-hydrogen) atoms. The van der Waals surface area contributed by atoms with E-state index in [-0.39, 0.29) is 17.9 Å². The number of aryl methyl sites for hydroxylation is 2. The van der Waals surface area contributed by atoms with Gasteiger partial charge in [0.1, 0.15) is 4.90 Å². The standard InChI is InChI=1S/C12H16N4O4S/c1-8-10-6-9(7-13-12(10)16(3)14-8)21(19,20)15(2)5-4-11(17)18/h6-7H,4-5H2,1-3H3,(H,17,18). The first-order valence-electron chi connectivity index (χ1n) is 6.21. The molecule has 0 amide bonds. The summed E-state index contributed by atoms with van der Waals surface area (Å²) >= 11 is 0. The zero-order valence-corrected chi connectivity index (χ0v) is 12.8. The molecule has 2 aromatic rings. The van der Waals surface area contributed by atoms with Crippen molar-refractivity contribution in [2.75, 3.05) is 13.6 Å². The summed E-state index contributed by atoms with van der Waals surface area (Å²) in [7, 11) is -0.686. The van der Waals surface area contributed by atoms with E-state index in [1.165, 1.54) is 19.3 Å². The second-order valence-corrected chi connectivity index (χ2v) is 6.77. The van der Waals surface area contributed by atoms with Gasteiger partial charge in [0.05, 0.1) is 12.1 Å². The number of pyridine rings is 1. The van der Waals surface area contributed by atoms with Gasteiger partial charge in [-0.25, -0.2) is 17.7 Å². The van der Waals surface area contributed by atoms with Crippen LogP contribution in [0.4, 0.5) is 0 Å². The van der Waals surface area contributed by atoms with E-state index in [4.69, 9.17) is 5.11 Å². The lowest BCUT2D eigenvalue weighted by Crippen LogP contribution is -2.29. The van der Waals surface area contributed by atoms with Crippen molar-refractivity contribution < 1.29 is 18.3 Å². The fourth-order valence-electron chi connectivity index (χ4n) is 1.98. The van der Waals surface area contributed by atoms with Crippen LogP contribution in [0.1, 0.15) is 12.1 Å². The van der Waals surface area contributed by atoms with Crippen LogP contribution >= 0.6 is 0 Å². The van der Waals surface area contributed by atoms with Gasteiger partial charge < -0.3 is 5.11 Å². The lowest BCUT2D eigenvalue weighted by Gasteiger charge is -2.15. The van der Waals surface area contributed by atoms with Crippen molar-refractivity contribution >= 4 is 27.0 Å². The number of fused-ring (bicyclic) bond motifs is 1. The Bertz CT molecular complexity index is 797. The molecule has 0 saturated carbocycles. The van der Waals surface area contributed by atoms with Gasteiger partial charge >= 0.3 is 5.97 Å². The van der Waals surface area contributed by atoms with Gasteiger partial charge in [0, 0.05) is 32.2 Å². The highest BCUT2D eigenvalue weighted by molar-refractivity contribution is 7.89. The molecule has 0 atom stereocenters. The minimum absolute atomic E-state index is 0.0268. The second kappa shape index (κ2) is 5.41. The van der Waals surface area contributed by atoms with Gasteiger partial charge in [-0.1, -0.05) is 0 Å². The van der Waals surface area contributed by atoms with Crippen LogP contribution in [0.15, 0.2) is 17.2 Å². The van der Waals surface area contributed by atoms with Gasteiger partial charge in [-0.2, -0.15) is 5.10 Å². The number of hydrogen-bond donors (Lipinski definition) is 1. The molecule has 0 aliphatic carbocycles. The molecule has 2 rings (SSSR count). The smallest absolute Gasteiger partial charge is 0.304 e. The first-order valence-corrected chi connectivity index (χ1v) is 7.65. The normalized spacial score (nSPS) is 12.2. The molecular formula is C12H16N4O4S. The van der Waals surface area contributed by atoms with Crippen molar-refractivity contribution in [1.29, 1.82) is 0 Å². The van der Waals surface area contributed by atoms with Crippen LogP contribution < -0.4 is 0 Å². The summed E-state index contributed by atoms with van der Waals surface area (Å²) in [5, 5.41) is 13.5. The summed E-state index contributed by atoms with van der Waals surface area (Å²) in [5.41, 5.74) is 1.28. The monoisotopic (exact) mass is 312 g/mol. The summed E-state index contributed by atoms with van der Waals surface area (Å²) in [6, 6.07) is 1.51. The average molecular weight is 312 g/mol. The molecule has 0 radical (unpaired) electrons. The van der Waals surface area contributed by atoms with Crippen LogP contribution in [0.2, 0.25) is 0 Å². The predicted molar refractivity (Wildman–Crippen MR) is 75.3 cm³/mol. The van der Waals surface area contributed by atoms with Gasteiger partial charge in [-0.3, -0.25) is 9.48 Å². The van der Waals surface area contributed by atoms with Crippen molar-refractivity contribution in [1.82, 2.24) is 19.1 Å². The molecule has 0 aliphatic heterocycles. The molecule has 114 valence electrons. The molecular weight excluding hydrogens is 296 g/mol. The number of carbonyl (C=O) groups is 1. The minimum Gasteiger partial charge on any atom is -0.481 e. The van der Waals surface area contributed by atoms with E-state index in [2.05, 4.69) is 10.1 Å². The van der Waals surface area contributed by atoms with Gasteiger partial charge in [0.25, 0.3) is 0 Å². The Hall–Kier alpha value is -2.00. The summed E-state index contributed by atoms with van der Waals surface area (Å²) in [6.07, 6.45) is 1.01. The van der Waals surface area contributed by atoms with Gasteiger partial charge in [-0.15, -0.1) is 0 Å². The molecule has 0 saturated heterocycles. The van der Waals surface area contributed by atoms with Crippen LogP contribution in [-0.2, 0) is 21.9 Å². The third kappa shape index (κ3) is 2.88. The number of aliphatic carboxylic acids is 1. The van der Waals surface area contributed by atoms with Crippen molar-refractivity contribution in [2.45, 2.75) is 18.2 Å². The highest BCUT2D eigenvalue weighted by Gasteiger charge is 2.23. The molecule has 8 nitrogen and oxygen atoms in total. The zero-order chi connectivity index (χ0) is 15.8. The van der Waals surface area contributed by atoms with Crippen molar-refractivity contribution in [2.24, 2.45) is 7.05 Å². The van der Waals surface area contributed by atoms with Crippen LogP contribution in [0.25, 0.3) is 11.0 Å². The highest BCUT2D eigenvalue weighted by Crippen LogP contribution is 2.21. The minimum atomic E-state index is -3.76. The third-order valence-corrected chi connectivity index (χ3v) is 5.01. The maximum Gasteiger partial charge on any atom is 0.304 e. The molecule has 0 aliphatic rings. The third-order valence-electron chi connectivity index (χ3n) is 3.19. The van der Waals surface area contributed by atoms with Crippen molar-refractivity contribution in [3.05, 3.63) is 18.0 Å². The van der Waals surface area contributed by atoms with Crippen LogP contribution in [0.3, 0.4) is 0 Å². The number of carboxylic acids is 1. The SMILES string of the molecule is Cc1nn(C)c2ncc(S(=O)(=O)N(C)CCC(=O)O)cc12. The summed E-state index contributed by atoms with van der Waals surface area (Å²) in [4.78, 5) is 14.7. The molecule has 0 aromatic carbocycles. The van der Waals surface area contributed by atoms with E-state index in [1.807, 2.05) is 0 Å². The van der Waals surface area contributed by atoms with Crippen LogP contribution in [0, 0.1) is 6.92 Å². The summed E-state index contributed by atoms with van der Waals surface area (Å²) in [6.45, 7) is 1.68. The maximum absolute atomic E-state index is 12.4.